The summed E-state index contributed by atoms with van der Waals surface area (Å²) in [6, 6.07) is 7.31. The minimum atomic E-state index is -0.577. The summed E-state index contributed by atoms with van der Waals surface area (Å²) in [5.41, 5.74) is 6.83. The van der Waals surface area contributed by atoms with Gasteiger partial charge in [0.2, 0.25) is 0 Å². The Hall–Kier alpha value is -1.78. The fourth-order valence-corrected chi connectivity index (χ4v) is 2.11. The van der Waals surface area contributed by atoms with E-state index in [9.17, 15) is 9.18 Å². The number of rotatable bonds is 2. The third-order valence-electron chi connectivity index (χ3n) is 2.67. The van der Waals surface area contributed by atoms with Crippen LogP contribution in [0.1, 0.15) is 15.9 Å². The van der Waals surface area contributed by atoms with Crippen LogP contribution in [0.3, 0.4) is 0 Å². The summed E-state index contributed by atoms with van der Waals surface area (Å²) in [5.74, 6) is -1.10. The van der Waals surface area contributed by atoms with E-state index in [1.54, 1.807) is 13.0 Å². The Kier molecular flexibility index (Phi) is 4.16. The first kappa shape index (κ1) is 14.6. The lowest BCUT2D eigenvalue weighted by atomic mass is 10.1. The number of hydrogen-bond acceptors (Lipinski definition) is 2. The van der Waals surface area contributed by atoms with Gasteiger partial charge in [-0.2, -0.15) is 0 Å². The summed E-state index contributed by atoms with van der Waals surface area (Å²) < 4.78 is 13.7. The summed E-state index contributed by atoms with van der Waals surface area (Å²) in [5, 5.41) is 2.68. The highest BCUT2D eigenvalue weighted by Gasteiger charge is 2.15. The number of anilines is 2. The predicted octanol–water partition coefficient (Wildman–Crippen LogP) is 4.28. The van der Waals surface area contributed by atoms with Crippen molar-refractivity contribution in [3.05, 3.63) is 57.3 Å². The molecule has 0 spiro atoms. The zero-order chi connectivity index (χ0) is 14.9. The Morgan fingerprint density at radius 1 is 1.25 bits per heavy atom. The van der Waals surface area contributed by atoms with Gasteiger partial charge >= 0.3 is 0 Å². The van der Waals surface area contributed by atoms with Gasteiger partial charge in [0, 0.05) is 5.69 Å². The topological polar surface area (TPSA) is 55.1 Å². The maximum absolute atomic E-state index is 13.7. The smallest absolute Gasteiger partial charge is 0.257 e. The molecule has 6 heteroatoms. The number of halogens is 3. The van der Waals surface area contributed by atoms with E-state index in [1.807, 2.05) is 0 Å². The molecule has 0 saturated carbocycles. The number of nitrogen functional groups attached to an aromatic ring is 1. The lowest BCUT2D eigenvalue weighted by molar-refractivity contribution is 0.102. The predicted molar refractivity (Wildman–Crippen MR) is 80.0 cm³/mol. The van der Waals surface area contributed by atoms with E-state index in [-0.39, 0.29) is 21.3 Å². The number of hydrogen-bond donors (Lipinski definition) is 2. The van der Waals surface area contributed by atoms with Crippen LogP contribution in [-0.4, -0.2) is 5.91 Å². The average Bonchev–Trinajstić information content (AvgIpc) is 2.37. The molecule has 3 nitrogen and oxygen atoms in total. The highest BCUT2D eigenvalue weighted by atomic mass is 35.5. The van der Waals surface area contributed by atoms with Crippen molar-refractivity contribution in [3.63, 3.8) is 0 Å². The molecule has 0 atom stereocenters. The summed E-state index contributed by atoms with van der Waals surface area (Å²) >= 11 is 11.8. The molecule has 0 aliphatic heterocycles. The van der Waals surface area contributed by atoms with Gasteiger partial charge in [0.25, 0.3) is 5.91 Å². The van der Waals surface area contributed by atoms with Gasteiger partial charge in [0.05, 0.1) is 21.3 Å². The van der Waals surface area contributed by atoms with Gasteiger partial charge in [-0.3, -0.25) is 4.79 Å². The highest BCUT2D eigenvalue weighted by Crippen LogP contribution is 2.29. The zero-order valence-corrected chi connectivity index (χ0v) is 12.0. The van der Waals surface area contributed by atoms with Gasteiger partial charge in [-0.25, -0.2) is 4.39 Å². The first-order valence-electron chi connectivity index (χ1n) is 5.70. The molecule has 20 heavy (non-hydrogen) atoms. The normalized spacial score (nSPS) is 10.4. The van der Waals surface area contributed by atoms with Crippen molar-refractivity contribution in [1.29, 1.82) is 0 Å². The Bertz CT molecular complexity index is 689. The van der Waals surface area contributed by atoms with Crippen molar-refractivity contribution in [3.8, 4) is 0 Å². The summed E-state index contributed by atoms with van der Waals surface area (Å²) in [6.07, 6.45) is 0. The van der Waals surface area contributed by atoms with E-state index in [1.165, 1.54) is 24.3 Å². The van der Waals surface area contributed by atoms with Crippen molar-refractivity contribution in [2.75, 3.05) is 11.1 Å². The Morgan fingerprint density at radius 2 is 1.95 bits per heavy atom. The molecule has 0 aliphatic rings. The summed E-state index contributed by atoms with van der Waals surface area (Å²) in [6.45, 7) is 1.75. The number of nitrogens with two attached hydrogens (primary N) is 1. The molecular formula is C14H11Cl2FN2O. The van der Waals surface area contributed by atoms with Crippen molar-refractivity contribution in [1.82, 2.24) is 0 Å². The van der Waals surface area contributed by atoms with Gasteiger partial charge in [-0.15, -0.1) is 0 Å². The van der Waals surface area contributed by atoms with E-state index >= 15 is 0 Å². The monoisotopic (exact) mass is 312 g/mol. The Balaban J connectivity index is 2.33. The molecule has 0 aliphatic carbocycles. The van der Waals surface area contributed by atoms with E-state index < -0.39 is 11.7 Å². The second kappa shape index (κ2) is 5.69. The molecule has 0 heterocycles. The molecule has 0 bridgehead atoms. The van der Waals surface area contributed by atoms with Crippen LogP contribution < -0.4 is 11.1 Å². The van der Waals surface area contributed by atoms with Crippen molar-refractivity contribution in [2.24, 2.45) is 0 Å². The molecule has 0 fully saturated rings. The number of carbonyl (C=O) groups is 1. The number of amides is 1. The van der Waals surface area contributed by atoms with E-state index in [0.717, 1.165) is 5.56 Å². The van der Waals surface area contributed by atoms with Crippen LogP contribution in [0.2, 0.25) is 10.0 Å². The SMILES string of the molecule is Cc1ccc(NC(=O)c2cc(N)cc(Cl)c2Cl)c(F)c1. The molecule has 1 amide bonds. The summed E-state index contributed by atoms with van der Waals surface area (Å²) in [7, 11) is 0. The number of benzene rings is 2. The van der Waals surface area contributed by atoms with Crippen molar-refractivity contribution < 1.29 is 9.18 Å². The molecule has 2 aromatic rings. The molecule has 2 aromatic carbocycles. The summed E-state index contributed by atoms with van der Waals surface area (Å²) in [4.78, 5) is 12.1. The standard InChI is InChI=1S/C14H11Cl2FN2O/c1-7-2-3-12(11(17)4-7)19-14(20)9-5-8(18)6-10(15)13(9)16/h2-6H,18H2,1H3,(H,19,20). The molecule has 3 N–H and O–H groups in total. The second-order valence-electron chi connectivity index (χ2n) is 4.30. The van der Waals surface area contributed by atoms with Crippen LogP contribution in [0.4, 0.5) is 15.8 Å². The molecule has 0 radical (unpaired) electrons. The number of aryl methyl sites for hydroxylation is 1. The fraction of sp³-hybridized carbons (Fsp3) is 0.0714. The minimum Gasteiger partial charge on any atom is -0.399 e. The number of carbonyl (C=O) groups excluding carboxylic acids is 1. The number of nitrogens with one attached hydrogen (secondary N) is 1. The quantitative estimate of drug-likeness (QED) is 0.813. The van der Waals surface area contributed by atoms with Gasteiger partial charge in [0.15, 0.2) is 0 Å². The van der Waals surface area contributed by atoms with Gasteiger partial charge in [-0.05, 0) is 36.8 Å². The molecule has 0 saturated heterocycles. The average molecular weight is 313 g/mol. The third-order valence-corrected chi connectivity index (χ3v) is 3.47. The zero-order valence-electron chi connectivity index (χ0n) is 10.5. The van der Waals surface area contributed by atoms with Crippen LogP contribution in [0, 0.1) is 12.7 Å². The van der Waals surface area contributed by atoms with Crippen LogP contribution in [0.25, 0.3) is 0 Å². The van der Waals surface area contributed by atoms with Crippen LogP contribution in [0.5, 0.6) is 0 Å². The van der Waals surface area contributed by atoms with E-state index in [4.69, 9.17) is 28.9 Å². The molecule has 104 valence electrons. The van der Waals surface area contributed by atoms with Crippen molar-refractivity contribution in [2.45, 2.75) is 6.92 Å². The minimum absolute atomic E-state index is 0.0650. The maximum atomic E-state index is 13.7. The second-order valence-corrected chi connectivity index (χ2v) is 5.09. The largest absolute Gasteiger partial charge is 0.399 e. The van der Waals surface area contributed by atoms with Gasteiger partial charge < -0.3 is 11.1 Å². The van der Waals surface area contributed by atoms with Crippen LogP contribution in [0.15, 0.2) is 30.3 Å². The maximum Gasteiger partial charge on any atom is 0.257 e. The molecule has 2 rings (SSSR count). The van der Waals surface area contributed by atoms with Crippen LogP contribution in [-0.2, 0) is 0 Å². The lowest BCUT2D eigenvalue weighted by Crippen LogP contribution is -2.14. The van der Waals surface area contributed by atoms with E-state index in [2.05, 4.69) is 5.32 Å². The Morgan fingerprint density at radius 3 is 2.60 bits per heavy atom. The molecule has 0 unspecified atom stereocenters. The third kappa shape index (κ3) is 3.03. The first-order chi connectivity index (χ1) is 9.38. The van der Waals surface area contributed by atoms with Crippen LogP contribution >= 0.6 is 23.2 Å². The van der Waals surface area contributed by atoms with Gasteiger partial charge in [0.1, 0.15) is 5.82 Å². The Labute approximate surface area is 125 Å². The first-order valence-corrected chi connectivity index (χ1v) is 6.46. The lowest BCUT2D eigenvalue weighted by Gasteiger charge is -2.10. The van der Waals surface area contributed by atoms with Gasteiger partial charge in [-0.1, -0.05) is 29.3 Å². The molecule has 0 aromatic heterocycles. The fourth-order valence-electron chi connectivity index (χ4n) is 1.69. The van der Waals surface area contributed by atoms with Crippen molar-refractivity contribution >= 4 is 40.5 Å². The highest BCUT2D eigenvalue weighted by molar-refractivity contribution is 6.44. The van der Waals surface area contributed by atoms with E-state index in [0.29, 0.717) is 5.69 Å². The molecular weight excluding hydrogens is 302 g/mol.